The van der Waals surface area contributed by atoms with Crippen LogP contribution in [0.3, 0.4) is 0 Å². The summed E-state index contributed by atoms with van der Waals surface area (Å²) in [7, 11) is 0. The Morgan fingerprint density at radius 1 is 1.12 bits per heavy atom. The molecule has 0 bridgehead atoms. The molecule has 0 amide bonds. The molecule has 0 aliphatic carbocycles. The average molecular weight is 252 g/mol. The summed E-state index contributed by atoms with van der Waals surface area (Å²) in [5.41, 5.74) is 2.90. The van der Waals surface area contributed by atoms with Gasteiger partial charge in [0, 0.05) is 10.8 Å². The number of hydrogen-bond donors (Lipinski definition) is 0. The first-order valence-corrected chi connectivity index (χ1v) is 7.38. The van der Waals surface area contributed by atoms with Crippen molar-refractivity contribution < 1.29 is 4.79 Å². The Balaban J connectivity index is 3.05. The maximum atomic E-state index is 11.0. The van der Waals surface area contributed by atoms with Gasteiger partial charge in [0.25, 0.3) is 0 Å². The minimum absolute atomic E-state index is 0.0506. The summed E-state index contributed by atoms with van der Waals surface area (Å²) >= 11 is 1.76. The van der Waals surface area contributed by atoms with Crippen LogP contribution < -0.4 is 0 Å². The number of carbonyl (C=O) groups excluding carboxylic acids is 1. The molecule has 0 aromatic carbocycles. The van der Waals surface area contributed by atoms with Crippen molar-refractivity contribution in [2.75, 3.05) is 0 Å². The summed E-state index contributed by atoms with van der Waals surface area (Å²) in [5, 5.41) is 2.26. The van der Waals surface area contributed by atoms with E-state index in [1.54, 1.807) is 11.3 Å². The minimum Gasteiger partial charge on any atom is -0.303 e. The van der Waals surface area contributed by atoms with Gasteiger partial charge in [-0.1, -0.05) is 34.6 Å². The summed E-state index contributed by atoms with van der Waals surface area (Å²) in [4.78, 5) is 12.3. The number of thiophene rings is 1. The Morgan fingerprint density at radius 3 is 2.18 bits per heavy atom. The minimum atomic E-state index is 0.0506. The first-order chi connectivity index (χ1) is 7.95. The van der Waals surface area contributed by atoms with Gasteiger partial charge >= 0.3 is 0 Å². The molecule has 1 aromatic rings. The van der Waals surface area contributed by atoms with Crippen LogP contribution in [0.4, 0.5) is 0 Å². The lowest BCUT2D eigenvalue weighted by atomic mass is 9.92. The molecule has 96 valence electrons. The maximum Gasteiger partial charge on any atom is 0.128 e. The van der Waals surface area contributed by atoms with E-state index in [4.69, 9.17) is 0 Å². The van der Waals surface area contributed by atoms with Crippen molar-refractivity contribution in [3.63, 3.8) is 0 Å². The van der Waals surface area contributed by atoms with E-state index in [1.807, 2.05) is 6.92 Å². The molecule has 0 saturated carbocycles. The molecule has 17 heavy (non-hydrogen) atoms. The Morgan fingerprint density at radius 2 is 1.71 bits per heavy atom. The van der Waals surface area contributed by atoms with Crippen molar-refractivity contribution >= 4 is 17.6 Å². The molecule has 1 unspecified atom stereocenters. The number of carbonyl (C=O) groups is 1. The van der Waals surface area contributed by atoms with Gasteiger partial charge < -0.3 is 4.79 Å². The predicted octanol–water partition coefficient (Wildman–Crippen LogP) is 4.45. The predicted molar refractivity (Wildman–Crippen MR) is 75.9 cm³/mol. The first kappa shape index (κ1) is 14.4. The van der Waals surface area contributed by atoms with E-state index in [2.05, 4.69) is 33.1 Å². The summed E-state index contributed by atoms with van der Waals surface area (Å²) in [6.45, 7) is 11.0. The Hall–Kier alpha value is -0.630. The molecule has 0 fully saturated rings. The van der Waals surface area contributed by atoms with Crippen molar-refractivity contribution in [1.29, 1.82) is 0 Å². The van der Waals surface area contributed by atoms with Gasteiger partial charge in [-0.25, -0.2) is 0 Å². The quantitative estimate of drug-likeness (QED) is 0.684. The van der Waals surface area contributed by atoms with Gasteiger partial charge in [-0.05, 0) is 41.2 Å². The third-order valence-corrected chi connectivity index (χ3v) is 4.15. The Bertz CT molecular complexity index is 363. The average Bonchev–Trinajstić information content (AvgIpc) is 2.59. The van der Waals surface area contributed by atoms with Gasteiger partial charge in [-0.15, -0.1) is 11.3 Å². The van der Waals surface area contributed by atoms with Crippen LogP contribution in [0.15, 0.2) is 5.38 Å². The summed E-state index contributed by atoms with van der Waals surface area (Å²) in [6.07, 6.45) is 3.29. The molecule has 0 spiro atoms. The molecule has 0 N–H and O–H groups in total. The highest BCUT2D eigenvalue weighted by Crippen LogP contribution is 2.32. The smallest absolute Gasteiger partial charge is 0.128 e. The highest BCUT2D eigenvalue weighted by molar-refractivity contribution is 7.10. The van der Waals surface area contributed by atoms with E-state index in [9.17, 15) is 4.79 Å². The maximum absolute atomic E-state index is 11.0. The van der Waals surface area contributed by atoms with Crippen LogP contribution in [0.1, 0.15) is 56.5 Å². The number of hydrogen-bond acceptors (Lipinski definition) is 2. The number of rotatable bonds is 6. The molecule has 0 aliphatic rings. The topological polar surface area (TPSA) is 17.1 Å². The molecule has 1 heterocycles. The molecule has 0 saturated heterocycles. The summed E-state index contributed by atoms with van der Waals surface area (Å²) < 4.78 is 0. The fraction of sp³-hybridized carbons (Fsp3) is 0.667. The van der Waals surface area contributed by atoms with Gasteiger partial charge in [-0.2, -0.15) is 0 Å². The van der Waals surface area contributed by atoms with E-state index in [1.165, 1.54) is 16.0 Å². The van der Waals surface area contributed by atoms with Crippen LogP contribution in [0.25, 0.3) is 0 Å². The monoisotopic (exact) mass is 252 g/mol. The molecule has 1 aromatic heterocycles. The van der Waals surface area contributed by atoms with Gasteiger partial charge in [0.2, 0.25) is 0 Å². The molecule has 0 aliphatic heterocycles. The normalized spacial score (nSPS) is 13.4. The molecular weight excluding hydrogens is 228 g/mol. The second-order valence-corrected chi connectivity index (χ2v) is 6.64. The second kappa shape index (κ2) is 6.34. The zero-order valence-corrected chi connectivity index (χ0v) is 12.4. The lowest BCUT2D eigenvalue weighted by Gasteiger charge is -2.13. The number of aldehydes is 1. The highest BCUT2D eigenvalue weighted by Gasteiger charge is 2.17. The van der Waals surface area contributed by atoms with Crippen LogP contribution in [0.5, 0.6) is 0 Å². The first-order valence-electron chi connectivity index (χ1n) is 6.50. The van der Waals surface area contributed by atoms with Crippen LogP contribution >= 0.6 is 11.3 Å². The van der Waals surface area contributed by atoms with E-state index in [0.29, 0.717) is 11.8 Å². The van der Waals surface area contributed by atoms with Crippen molar-refractivity contribution in [2.45, 2.75) is 53.4 Å². The molecule has 1 rings (SSSR count). The van der Waals surface area contributed by atoms with Crippen LogP contribution in [0, 0.1) is 11.8 Å². The van der Waals surface area contributed by atoms with E-state index < -0.39 is 0 Å². The SMILES string of the molecule is CC(C)Cc1csc(C(C)C=O)c1CC(C)C. The van der Waals surface area contributed by atoms with Crippen LogP contribution in [0.2, 0.25) is 0 Å². The standard InChI is InChI=1S/C15H24OS/c1-10(2)6-13-9-17-15(12(5)8-16)14(13)7-11(3)4/h8-12H,6-7H2,1-5H3. The molecule has 1 nitrogen and oxygen atoms in total. The van der Waals surface area contributed by atoms with Gasteiger partial charge in [-0.3, -0.25) is 0 Å². The van der Waals surface area contributed by atoms with Crippen molar-refractivity contribution in [3.05, 3.63) is 21.4 Å². The van der Waals surface area contributed by atoms with Crippen molar-refractivity contribution in [3.8, 4) is 0 Å². The van der Waals surface area contributed by atoms with Gasteiger partial charge in [0.05, 0.1) is 0 Å². The third-order valence-electron chi connectivity index (χ3n) is 2.87. The van der Waals surface area contributed by atoms with Gasteiger partial charge in [0.1, 0.15) is 6.29 Å². The molecule has 0 radical (unpaired) electrons. The third kappa shape index (κ3) is 3.95. The molecule has 1 atom stereocenters. The van der Waals surface area contributed by atoms with Crippen LogP contribution in [-0.2, 0) is 17.6 Å². The van der Waals surface area contributed by atoms with E-state index >= 15 is 0 Å². The largest absolute Gasteiger partial charge is 0.303 e. The summed E-state index contributed by atoms with van der Waals surface area (Å²) in [6, 6.07) is 0. The fourth-order valence-corrected chi connectivity index (χ4v) is 3.26. The molecular formula is C15H24OS. The van der Waals surface area contributed by atoms with Gasteiger partial charge in [0.15, 0.2) is 0 Å². The zero-order valence-electron chi connectivity index (χ0n) is 11.6. The second-order valence-electron chi connectivity index (χ2n) is 5.72. The lowest BCUT2D eigenvalue weighted by molar-refractivity contribution is -0.108. The lowest BCUT2D eigenvalue weighted by Crippen LogP contribution is -2.04. The zero-order chi connectivity index (χ0) is 13.0. The summed E-state index contributed by atoms with van der Waals surface area (Å²) in [5.74, 6) is 1.37. The molecule has 2 heteroatoms. The Kier molecular flexibility index (Phi) is 5.38. The van der Waals surface area contributed by atoms with E-state index in [-0.39, 0.29) is 5.92 Å². The van der Waals surface area contributed by atoms with Crippen LogP contribution in [-0.4, -0.2) is 6.29 Å². The Labute approximate surface area is 109 Å². The van der Waals surface area contributed by atoms with Crippen molar-refractivity contribution in [2.24, 2.45) is 11.8 Å². The highest BCUT2D eigenvalue weighted by atomic mass is 32.1. The van der Waals surface area contributed by atoms with Crippen molar-refractivity contribution in [1.82, 2.24) is 0 Å². The van der Waals surface area contributed by atoms with E-state index in [0.717, 1.165) is 19.1 Å². The fourth-order valence-electron chi connectivity index (χ4n) is 2.13.